The topological polar surface area (TPSA) is 59.2 Å². The molecule has 5 heteroatoms. The van der Waals surface area contributed by atoms with Gasteiger partial charge < -0.3 is 10.6 Å². The third kappa shape index (κ3) is 2.61. The van der Waals surface area contributed by atoms with Crippen molar-refractivity contribution in [2.24, 2.45) is 11.7 Å². The summed E-state index contributed by atoms with van der Waals surface area (Å²) in [5, 5.41) is 0. The van der Waals surface area contributed by atoms with E-state index in [1.165, 1.54) is 12.1 Å². The van der Waals surface area contributed by atoms with E-state index in [0.29, 0.717) is 19.0 Å². The first-order chi connectivity index (χ1) is 8.08. The normalized spacial score (nSPS) is 21.6. The fourth-order valence-corrected chi connectivity index (χ4v) is 2.07. The molecule has 1 aliphatic heterocycles. The summed E-state index contributed by atoms with van der Waals surface area (Å²) in [5.41, 5.74) is 6.10. The Morgan fingerprint density at radius 1 is 1.65 bits per heavy atom. The monoisotopic (exact) mass is 237 g/mol. The van der Waals surface area contributed by atoms with Crippen LogP contribution in [0.3, 0.4) is 0 Å². The number of amides is 1. The van der Waals surface area contributed by atoms with Crippen molar-refractivity contribution in [1.29, 1.82) is 0 Å². The molecule has 0 bridgehead atoms. The third-order valence-electron chi connectivity index (χ3n) is 3.20. The van der Waals surface area contributed by atoms with Gasteiger partial charge in [-0.2, -0.15) is 0 Å². The van der Waals surface area contributed by atoms with Gasteiger partial charge in [0.15, 0.2) is 0 Å². The molecule has 1 aromatic heterocycles. The lowest BCUT2D eigenvalue weighted by Gasteiger charge is -2.17. The van der Waals surface area contributed by atoms with Gasteiger partial charge in [-0.05, 0) is 31.4 Å². The minimum atomic E-state index is -0.434. The molecule has 0 saturated carbocycles. The molecule has 1 aromatic rings. The van der Waals surface area contributed by atoms with Crippen LogP contribution in [-0.4, -0.2) is 34.9 Å². The van der Waals surface area contributed by atoms with E-state index in [0.717, 1.165) is 12.6 Å². The maximum atomic E-state index is 12.7. The molecule has 1 fully saturated rings. The number of likely N-dealkylation sites (tertiary alicyclic amines) is 1. The van der Waals surface area contributed by atoms with Crippen LogP contribution in [0.2, 0.25) is 0 Å². The van der Waals surface area contributed by atoms with Crippen LogP contribution in [0, 0.1) is 11.7 Å². The van der Waals surface area contributed by atoms with E-state index >= 15 is 0 Å². The van der Waals surface area contributed by atoms with E-state index in [4.69, 9.17) is 5.73 Å². The van der Waals surface area contributed by atoms with Gasteiger partial charge in [-0.1, -0.05) is 0 Å². The zero-order valence-electron chi connectivity index (χ0n) is 9.77. The molecule has 2 atom stereocenters. The van der Waals surface area contributed by atoms with E-state index in [-0.39, 0.29) is 17.6 Å². The fraction of sp³-hybridized carbons (Fsp3) is 0.500. The largest absolute Gasteiger partial charge is 0.337 e. The average molecular weight is 237 g/mol. The lowest BCUT2D eigenvalue weighted by Crippen LogP contribution is -2.33. The minimum absolute atomic E-state index is 0.0916. The molecular weight excluding hydrogens is 221 g/mol. The van der Waals surface area contributed by atoms with Crippen molar-refractivity contribution in [2.45, 2.75) is 19.4 Å². The Hall–Kier alpha value is -1.49. The van der Waals surface area contributed by atoms with Crippen molar-refractivity contribution in [3.63, 3.8) is 0 Å². The van der Waals surface area contributed by atoms with Gasteiger partial charge in [0.05, 0.1) is 6.20 Å². The van der Waals surface area contributed by atoms with Gasteiger partial charge in [0.2, 0.25) is 0 Å². The zero-order valence-corrected chi connectivity index (χ0v) is 9.77. The molecule has 1 amide bonds. The summed E-state index contributed by atoms with van der Waals surface area (Å²) in [6.45, 7) is 3.31. The molecule has 0 radical (unpaired) electrons. The number of rotatable bonds is 2. The van der Waals surface area contributed by atoms with Crippen molar-refractivity contribution in [3.8, 4) is 0 Å². The van der Waals surface area contributed by atoms with Crippen molar-refractivity contribution >= 4 is 5.91 Å². The maximum absolute atomic E-state index is 12.7. The summed E-state index contributed by atoms with van der Waals surface area (Å²) < 4.78 is 12.7. The number of nitrogens with zero attached hydrogens (tertiary/aromatic N) is 2. The molecule has 2 heterocycles. The fourth-order valence-electron chi connectivity index (χ4n) is 2.07. The Morgan fingerprint density at radius 3 is 2.94 bits per heavy atom. The molecular formula is C12H16FN3O. The van der Waals surface area contributed by atoms with Gasteiger partial charge in [0, 0.05) is 19.1 Å². The van der Waals surface area contributed by atoms with Crippen LogP contribution in [-0.2, 0) is 0 Å². The Morgan fingerprint density at radius 2 is 2.41 bits per heavy atom. The lowest BCUT2D eigenvalue weighted by atomic mass is 10.0. The molecule has 2 N–H and O–H groups in total. The number of pyridine rings is 1. The second-order valence-corrected chi connectivity index (χ2v) is 4.52. The predicted octanol–water partition coefficient (Wildman–Crippen LogP) is 1.03. The summed E-state index contributed by atoms with van der Waals surface area (Å²) >= 11 is 0. The van der Waals surface area contributed by atoms with Crippen LogP contribution in [0.1, 0.15) is 23.8 Å². The zero-order chi connectivity index (χ0) is 12.4. The second-order valence-electron chi connectivity index (χ2n) is 4.52. The highest BCUT2D eigenvalue weighted by atomic mass is 19.1. The van der Waals surface area contributed by atoms with Crippen molar-refractivity contribution in [3.05, 3.63) is 29.8 Å². The first kappa shape index (κ1) is 12.0. The predicted molar refractivity (Wildman–Crippen MR) is 61.9 cm³/mol. The van der Waals surface area contributed by atoms with E-state index in [1.807, 2.05) is 6.92 Å². The highest BCUT2D eigenvalue weighted by molar-refractivity contribution is 5.92. The summed E-state index contributed by atoms with van der Waals surface area (Å²) in [7, 11) is 0. The number of nitrogens with two attached hydrogens (primary N) is 1. The van der Waals surface area contributed by atoms with E-state index < -0.39 is 5.82 Å². The molecule has 92 valence electrons. The van der Waals surface area contributed by atoms with Crippen molar-refractivity contribution < 1.29 is 9.18 Å². The van der Waals surface area contributed by atoms with Crippen LogP contribution in [0.5, 0.6) is 0 Å². The van der Waals surface area contributed by atoms with Gasteiger partial charge >= 0.3 is 0 Å². The van der Waals surface area contributed by atoms with Crippen LogP contribution < -0.4 is 5.73 Å². The smallest absolute Gasteiger partial charge is 0.272 e. The Labute approximate surface area is 99.6 Å². The number of halogens is 1. The van der Waals surface area contributed by atoms with Crippen LogP contribution in [0.25, 0.3) is 0 Å². The number of hydrogen-bond donors (Lipinski definition) is 1. The maximum Gasteiger partial charge on any atom is 0.272 e. The number of hydrogen-bond acceptors (Lipinski definition) is 3. The van der Waals surface area contributed by atoms with Gasteiger partial charge in [0.1, 0.15) is 11.5 Å². The first-order valence-corrected chi connectivity index (χ1v) is 5.74. The lowest BCUT2D eigenvalue weighted by molar-refractivity contribution is 0.0780. The molecule has 2 rings (SSSR count). The summed E-state index contributed by atoms with van der Waals surface area (Å²) in [6.07, 6.45) is 1.98. The van der Waals surface area contributed by atoms with Crippen LogP contribution >= 0.6 is 0 Å². The van der Waals surface area contributed by atoms with Crippen molar-refractivity contribution in [1.82, 2.24) is 9.88 Å². The number of aromatic nitrogens is 1. The minimum Gasteiger partial charge on any atom is -0.337 e. The summed E-state index contributed by atoms with van der Waals surface area (Å²) in [4.78, 5) is 17.6. The molecule has 1 saturated heterocycles. The average Bonchev–Trinajstić information content (AvgIpc) is 2.78. The van der Waals surface area contributed by atoms with E-state index in [9.17, 15) is 9.18 Å². The Kier molecular flexibility index (Phi) is 3.38. The van der Waals surface area contributed by atoms with E-state index in [1.54, 1.807) is 4.90 Å². The number of carbonyl (C=O) groups excluding carboxylic acids is 1. The first-order valence-electron chi connectivity index (χ1n) is 5.74. The molecule has 0 spiro atoms. The highest BCUT2D eigenvalue weighted by Gasteiger charge is 2.29. The Bertz CT molecular complexity index is 405. The van der Waals surface area contributed by atoms with Gasteiger partial charge in [-0.25, -0.2) is 9.37 Å². The molecule has 1 aliphatic rings. The molecule has 2 unspecified atom stereocenters. The second kappa shape index (κ2) is 4.79. The summed E-state index contributed by atoms with van der Waals surface area (Å²) in [6, 6.07) is 2.75. The van der Waals surface area contributed by atoms with E-state index in [2.05, 4.69) is 4.98 Å². The Balaban J connectivity index is 2.04. The van der Waals surface area contributed by atoms with Crippen LogP contribution in [0.15, 0.2) is 18.3 Å². The molecule has 17 heavy (non-hydrogen) atoms. The highest BCUT2D eigenvalue weighted by Crippen LogP contribution is 2.20. The molecule has 0 aliphatic carbocycles. The quantitative estimate of drug-likeness (QED) is 0.835. The standard InChI is InChI=1S/C12H16FN3O/c1-8(14)9-4-5-16(7-9)12(17)11-3-2-10(13)6-15-11/h2-3,6,8-9H,4-5,7,14H2,1H3. The van der Waals surface area contributed by atoms with Gasteiger partial charge in [-0.15, -0.1) is 0 Å². The SMILES string of the molecule is CC(N)C1CCN(C(=O)c2ccc(F)cn2)C1. The summed E-state index contributed by atoms with van der Waals surface area (Å²) in [5.74, 6) is -0.232. The van der Waals surface area contributed by atoms with Gasteiger partial charge in [0.25, 0.3) is 5.91 Å². The molecule has 4 nitrogen and oxygen atoms in total. The van der Waals surface area contributed by atoms with Crippen LogP contribution in [0.4, 0.5) is 4.39 Å². The number of carbonyl (C=O) groups is 1. The molecule has 0 aromatic carbocycles. The third-order valence-corrected chi connectivity index (χ3v) is 3.20. The van der Waals surface area contributed by atoms with Gasteiger partial charge in [-0.3, -0.25) is 4.79 Å². The van der Waals surface area contributed by atoms with Crippen molar-refractivity contribution in [2.75, 3.05) is 13.1 Å².